The van der Waals surface area contributed by atoms with Gasteiger partial charge < -0.3 is 29.6 Å². The van der Waals surface area contributed by atoms with Gasteiger partial charge in [0.1, 0.15) is 29.5 Å². The van der Waals surface area contributed by atoms with Crippen LogP contribution in [-0.2, 0) is 27.2 Å². The van der Waals surface area contributed by atoms with E-state index < -0.39 is 36.0 Å². The van der Waals surface area contributed by atoms with Gasteiger partial charge in [-0.25, -0.2) is 4.79 Å². The second kappa shape index (κ2) is 10.4. The number of fused-ring (bicyclic) bond motifs is 3. The van der Waals surface area contributed by atoms with Crippen molar-refractivity contribution in [1.82, 2.24) is 15.6 Å². The van der Waals surface area contributed by atoms with Gasteiger partial charge in [-0.1, -0.05) is 18.2 Å². The largest absolute Gasteiger partial charge is 0.480 e. The predicted molar refractivity (Wildman–Crippen MR) is 149 cm³/mol. The van der Waals surface area contributed by atoms with Crippen molar-refractivity contribution in [2.45, 2.75) is 46.6 Å². The average Bonchev–Trinajstić information content (AvgIpc) is 3.46. The summed E-state index contributed by atoms with van der Waals surface area (Å²) in [6.45, 7) is 6.83. The van der Waals surface area contributed by atoms with E-state index in [1.165, 1.54) is 0 Å². The Balaban J connectivity index is 1.45. The van der Waals surface area contributed by atoms with Crippen LogP contribution in [0.25, 0.3) is 32.8 Å². The molecule has 10 nitrogen and oxygen atoms in total. The van der Waals surface area contributed by atoms with Crippen LogP contribution in [0.2, 0.25) is 0 Å². The highest BCUT2D eigenvalue weighted by molar-refractivity contribution is 6.00. The van der Waals surface area contributed by atoms with Crippen LogP contribution in [0.3, 0.4) is 0 Å². The fourth-order valence-corrected chi connectivity index (χ4v) is 5.12. The van der Waals surface area contributed by atoms with Gasteiger partial charge in [0.2, 0.25) is 11.8 Å². The van der Waals surface area contributed by atoms with E-state index in [-0.39, 0.29) is 18.4 Å². The zero-order valence-corrected chi connectivity index (χ0v) is 22.6. The van der Waals surface area contributed by atoms with Gasteiger partial charge in [-0.3, -0.25) is 14.4 Å². The number of aryl methyl sites for hydroxylation is 4. The highest BCUT2D eigenvalue weighted by atomic mass is 16.4. The number of aromatic nitrogens is 1. The Morgan fingerprint density at radius 2 is 1.65 bits per heavy atom. The van der Waals surface area contributed by atoms with Gasteiger partial charge >= 0.3 is 11.6 Å². The molecular formula is C30H29N3O7. The standard InChI is InChI=1S/C30H29N3O7/c1-14-17(4)39-27-16(3)28-21(10-20(14)27)15(2)22(30(38)40-28)11-25(34)33-24(29(37)32-13-26(35)36)9-18-12-31-23-8-6-5-7-19(18)23/h5-8,10,12,24,31H,9,11,13H2,1-4H3,(H,32,37)(H,33,34)(H,35,36). The number of carbonyl (C=O) groups is 3. The third-order valence-corrected chi connectivity index (χ3v) is 7.45. The lowest BCUT2D eigenvalue weighted by molar-refractivity contribution is -0.138. The van der Waals surface area contributed by atoms with Crippen LogP contribution in [0.5, 0.6) is 0 Å². The minimum absolute atomic E-state index is 0.114. The lowest BCUT2D eigenvalue weighted by Crippen LogP contribution is -2.49. The minimum atomic E-state index is -1.21. The maximum absolute atomic E-state index is 13.2. The van der Waals surface area contributed by atoms with Gasteiger partial charge in [0.05, 0.1) is 12.0 Å². The van der Waals surface area contributed by atoms with E-state index in [9.17, 15) is 19.2 Å². The smallest absolute Gasteiger partial charge is 0.340 e. The summed E-state index contributed by atoms with van der Waals surface area (Å²) in [6, 6.07) is 8.35. The van der Waals surface area contributed by atoms with Crippen molar-refractivity contribution < 1.29 is 28.3 Å². The van der Waals surface area contributed by atoms with E-state index in [4.69, 9.17) is 13.9 Å². The van der Waals surface area contributed by atoms with Gasteiger partial charge in [0, 0.05) is 39.9 Å². The molecule has 4 N–H and O–H groups in total. The van der Waals surface area contributed by atoms with E-state index in [0.717, 1.165) is 33.2 Å². The lowest BCUT2D eigenvalue weighted by atomic mass is 9.98. The molecule has 0 fully saturated rings. The second-order valence-corrected chi connectivity index (χ2v) is 10.0. The number of benzene rings is 2. The number of amides is 2. The number of hydrogen-bond donors (Lipinski definition) is 4. The van der Waals surface area contributed by atoms with Gasteiger partial charge in [0.15, 0.2) is 0 Å². The topological polar surface area (TPSA) is 155 Å². The first-order valence-corrected chi connectivity index (χ1v) is 12.8. The Morgan fingerprint density at radius 3 is 2.40 bits per heavy atom. The number of nitrogens with one attached hydrogen (secondary N) is 3. The second-order valence-electron chi connectivity index (χ2n) is 10.0. The number of carboxylic acid groups (broad SMARTS) is 1. The normalized spacial score (nSPS) is 12.2. The van der Waals surface area contributed by atoms with Crippen LogP contribution in [0.4, 0.5) is 0 Å². The number of para-hydroxylation sites is 1. The summed E-state index contributed by atoms with van der Waals surface area (Å²) in [5.74, 6) is -1.65. The average molecular weight is 544 g/mol. The van der Waals surface area contributed by atoms with Crippen LogP contribution in [0.1, 0.15) is 33.6 Å². The number of aromatic amines is 1. The fourth-order valence-electron chi connectivity index (χ4n) is 5.12. The SMILES string of the molecule is Cc1oc2c(C)c3oc(=O)c(CC(=O)NC(Cc4c[nH]c5ccccc45)C(=O)NCC(=O)O)c(C)c3cc2c1C. The molecule has 10 heteroatoms. The number of aliphatic carboxylic acids is 1. The first-order valence-electron chi connectivity index (χ1n) is 12.8. The summed E-state index contributed by atoms with van der Waals surface area (Å²) in [7, 11) is 0. The zero-order chi connectivity index (χ0) is 28.7. The summed E-state index contributed by atoms with van der Waals surface area (Å²) in [6.07, 6.45) is 1.54. The monoisotopic (exact) mass is 543 g/mol. The van der Waals surface area contributed by atoms with Crippen molar-refractivity contribution in [2.75, 3.05) is 6.54 Å². The third-order valence-electron chi connectivity index (χ3n) is 7.45. The Bertz CT molecular complexity index is 1880. The molecule has 206 valence electrons. The molecule has 3 heterocycles. The summed E-state index contributed by atoms with van der Waals surface area (Å²) in [5, 5.41) is 16.5. The van der Waals surface area contributed by atoms with Crippen molar-refractivity contribution in [3.8, 4) is 0 Å². The third kappa shape index (κ3) is 4.84. The number of carbonyl (C=O) groups excluding carboxylic acids is 2. The number of hydrogen-bond acceptors (Lipinski definition) is 6. The molecule has 5 aromatic rings. The molecule has 2 aromatic carbocycles. The Morgan fingerprint density at radius 1 is 0.950 bits per heavy atom. The van der Waals surface area contributed by atoms with E-state index >= 15 is 0 Å². The van der Waals surface area contributed by atoms with Crippen LogP contribution in [0.15, 0.2) is 50.2 Å². The van der Waals surface area contributed by atoms with Crippen LogP contribution in [0, 0.1) is 27.7 Å². The summed E-state index contributed by atoms with van der Waals surface area (Å²) >= 11 is 0. The maximum atomic E-state index is 13.2. The first kappa shape index (κ1) is 26.7. The fraction of sp³-hybridized carbons (Fsp3) is 0.267. The number of carboxylic acids is 1. The van der Waals surface area contributed by atoms with Gasteiger partial charge in [-0.2, -0.15) is 0 Å². The zero-order valence-electron chi connectivity index (χ0n) is 22.6. The number of furan rings is 1. The molecule has 0 aliphatic carbocycles. The molecular weight excluding hydrogens is 514 g/mol. The number of rotatable bonds is 8. The molecule has 1 unspecified atom stereocenters. The molecule has 0 aliphatic rings. The summed E-state index contributed by atoms with van der Waals surface area (Å²) in [5.41, 5.74) is 4.52. The molecule has 0 saturated heterocycles. The van der Waals surface area contributed by atoms with Gasteiger partial charge in [-0.05, 0) is 56.5 Å². The van der Waals surface area contributed by atoms with Crippen molar-refractivity contribution in [1.29, 1.82) is 0 Å². The van der Waals surface area contributed by atoms with Crippen molar-refractivity contribution in [3.05, 3.63) is 80.5 Å². The van der Waals surface area contributed by atoms with E-state index in [2.05, 4.69) is 15.6 Å². The molecule has 40 heavy (non-hydrogen) atoms. The molecule has 2 amide bonds. The van der Waals surface area contributed by atoms with Gasteiger partial charge in [0.25, 0.3) is 0 Å². The van der Waals surface area contributed by atoms with E-state index in [0.29, 0.717) is 27.7 Å². The van der Waals surface area contributed by atoms with Crippen molar-refractivity contribution >= 4 is 50.6 Å². The summed E-state index contributed by atoms with van der Waals surface area (Å²) in [4.78, 5) is 53.3. The highest BCUT2D eigenvalue weighted by Gasteiger charge is 2.25. The van der Waals surface area contributed by atoms with Gasteiger partial charge in [-0.15, -0.1) is 0 Å². The Hall–Kier alpha value is -4.86. The van der Waals surface area contributed by atoms with E-state index in [1.807, 2.05) is 51.1 Å². The molecule has 0 radical (unpaired) electrons. The predicted octanol–water partition coefficient (Wildman–Crippen LogP) is 3.72. The minimum Gasteiger partial charge on any atom is -0.480 e. The van der Waals surface area contributed by atoms with Crippen LogP contribution in [-0.4, -0.2) is 40.5 Å². The molecule has 5 rings (SSSR count). The lowest BCUT2D eigenvalue weighted by Gasteiger charge is -2.18. The van der Waals surface area contributed by atoms with Crippen LogP contribution >= 0.6 is 0 Å². The Kier molecular flexibility index (Phi) is 6.93. The molecule has 0 bridgehead atoms. The summed E-state index contributed by atoms with van der Waals surface area (Å²) < 4.78 is 11.5. The van der Waals surface area contributed by atoms with E-state index in [1.54, 1.807) is 13.1 Å². The Labute approximate surface area is 228 Å². The molecule has 0 aliphatic heterocycles. The molecule has 3 aromatic heterocycles. The van der Waals surface area contributed by atoms with Crippen LogP contribution < -0.4 is 16.3 Å². The quantitative estimate of drug-likeness (QED) is 0.217. The van der Waals surface area contributed by atoms with Crippen molar-refractivity contribution in [2.24, 2.45) is 0 Å². The molecule has 0 saturated carbocycles. The van der Waals surface area contributed by atoms with Crippen molar-refractivity contribution in [3.63, 3.8) is 0 Å². The first-order chi connectivity index (χ1) is 19.0. The number of H-pyrrole nitrogens is 1. The highest BCUT2D eigenvalue weighted by Crippen LogP contribution is 2.34. The molecule has 1 atom stereocenters. The molecule has 0 spiro atoms. The maximum Gasteiger partial charge on any atom is 0.340 e.